The van der Waals surface area contributed by atoms with Crippen LogP contribution in [0.5, 0.6) is 0 Å². The number of amides is 1. The second-order valence-electron chi connectivity index (χ2n) is 6.31. The highest BCUT2D eigenvalue weighted by molar-refractivity contribution is 6.43. The van der Waals surface area contributed by atoms with Crippen LogP contribution >= 0.6 is 0 Å². The van der Waals surface area contributed by atoms with Crippen molar-refractivity contribution >= 4 is 17.7 Å². The van der Waals surface area contributed by atoms with Gasteiger partial charge in [-0.05, 0) is 19.9 Å². The number of hydrogen-bond donors (Lipinski definition) is 1. The zero-order valence-corrected chi connectivity index (χ0v) is 15.7. The smallest absolute Gasteiger partial charge is 0.340 e. The molecule has 3 rings (SSSR count). The molecule has 2 heterocycles. The summed E-state index contributed by atoms with van der Waals surface area (Å²) >= 11 is 0. The van der Waals surface area contributed by atoms with E-state index in [1.807, 2.05) is 0 Å². The number of benzene rings is 1. The minimum Gasteiger partial charge on any atom is -0.462 e. The number of hydrogen-bond acceptors (Lipinski definition) is 5. The van der Waals surface area contributed by atoms with Crippen LogP contribution in [0.25, 0.3) is 11.1 Å². The predicted molar refractivity (Wildman–Crippen MR) is 98.6 cm³/mol. The summed E-state index contributed by atoms with van der Waals surface area (Å²) < 4.78 is 24.8. The molecule has 2 aromatic rings. The summed E-state index contributed by atoms with van der Waals surface area (Å²) in [6, 6.07) is 5.78. The zero-order chi connectivity index (χ0) is 20.3. The van der Waals surface area contributed by atoms with Crippen LogP contribution in [0.1, 0.15) is 33.5 Å². The molecule has 8 heteroatoms. The summed E-state index contributed by atoms with van der Waals surface area (Å²) in [5, 5.41) is 0. The minimum atomic E-state index is -0.834. The number of halogens is 1. The molecule has 0 radical (unpaired) electrons. The summed E-state index contributed by atoms with van der Waals surface area (Å²) in [5.41, 5.74) is 0.343. The first-order valence-electron chi connectivity index (χ1n) is 9.01. The second-order valence-corrected chi connectivity index (χ2v) is 6.31. The first-order chi connectivity index (χ1) is 13.5. The third-order valence-corrected chi connectivity index (χ3v) is 4.53. The van der Waals surface area contributed by atoms with Gasteiger partial charge in [0, 0.05) is 29.9 Å². The Balaban J connectivity index is 2.12. The van der Waals surface area contributed by atoms with Crippen LogP contribution in [-0.2, 0) is 14.3 Å². The number of nitrogens with one attached hydrogen (secondary N) is 1. The van der Waals surface area contributed by atoms with Gasteiger partial charge in [-0.2, -0.15) is 0 Å². The molecular weight excluding hydrogens is 367 g/mol. The highest BCUT2D eigenvalue weighted by atomic mass is 19.1. The van der Waals surface area contributed by atoms with E-state index in [9.17, 15) is 18.8 Å². The van der Waals surface area contributed by atoms with Crippen molar-refractivity contribution in [2.75, 3.05) is 32.9 Å². The van der Waals surface area contributed by atoms with Gasteiger partial charge in [0.1, 0.15) is 11.5 Å². The van der Waals surface area contributed by atoms with Gasteiger partial charge in [0.05, 0.1) is 25.4 Å². The summed E-state index contributed by atoms with van der Waals surface area (Å²) in [5.74, 6) is -2.86. The van der Waals surface area contributed by atoms with E-state index >= 15 is 0 Å². The Morgan fingerprint density at radius 3 is 2.54 bits per heavy atom. The predicted octanol–water partition coefficient (Wildman–Crippen LogP) is 2.35. The van der Waals surface area contributed by atoms with Crippen LogP contribution < -0.4 is 0 Å². The standard InChI is InChI=1S/C20H21FN2O5/c1-3-28-20(26)15-12(2)22-17(16(15)13-6-4-5-7-14(13)21)18(24)19(25)23-8-10-27-11-9-23/h4-7,22H,3,8-11H2,1-2H3. The number of H-pyrrole nitrogens is 1. The van der Waals surface area contributed by atoms with Gasteiger partial charge in [0.2, 0.25) is 0 Å². The van der Waals surface area contributed by atoms with Crippen molar-refractivity contribution < 1.29 is 28.2 Å². The zero-order valence-electron chi connectivity index (χ0n) is 15.7. The number of nitrogens with zero attached hydrogens (tertiary/aromatic N) is 1. The molecule has 1 amide bonds. The Bertz CT molecular complexity index is 915. The van der Waals surface area contributed by atoms with Crippen molar-refractivity contribution in [3.05, 3.63) is 47.0 Å². The lowest BCUT2D eigenvalue weighted by molar-refractivity contribution is -0.130. The fourth-order valence-corrected chi connectivity index (χ4v) is 3.20. The van der Waals surface area contributed by atoms with Gasteiger partial charge in [0.15, 0.2) is 0 Å². The molecule has 1 N–H and O–H groups in total. The molecule has 1 aromatic heterocycles. The summed E-state index contributed by atoms with van der Waals surface area (Å²) in [7, 11) is 0. The minimum absolute atomic E-state index is 0.0423. The van der Waals surface area contributed by atoms with Gasteiger partial charge in [0.25, 0.3) is 11.7 Å². The molecule has 1 aliphatic heterocycles. The third-order valence-electron chi connectivity index (χ3n) is 4.53. The summed E-state index contributed by atoms with van der Waals surface area (Å²) in [6.45, 7) is 4.63. The van der Waals surface area contributed by atoms with Crippen molar-refractivity contribution in [1.82, 2.24) is 9.88 Å². The molecule has 0 saturated carbocycles. The second kappa shape index (κ2) is 8.35. The van der Waals surface area contributed by atoms with E-state index in [-0.39, 0.29) is 29.0 Å². The molecule has 1 saturated heterocycles. The van der Waals surface area contributed by atoms with Gasteiger partial charge < -0.3 is 19.4 Å². The average Bonchev–Trinajstić information content (AvgIpc) is 3.05. The van der Waals surface area contributed by atoms with E-state index in [1.165, 1.54) is 23.1 Å². The Kier molecular flexibility index (Phi) is 5.89. The molecule has 28 heavy (non-hydrogen) atoms. The number of rotatable bonds is 5. The van der Waals surface area contributed by atoms with E-state index in [2.05, 4.69) is 4.98 Å². The van der Waals surface area contributed by atoms with Gasteiger partial charge in [-0.25, -0.2) is 9.18 Å². The van der Waals surface area contributed by atoms with E-state index in [4.69, 9.17) is 9.47 Å². The van der Waals surface area contributed by atoms with E-state index in [0.29, 0.717) is 32.0 Å². The number of ether oxygens (including phenoxy) is 2. The molecule has 0 bridgehead atoms. The average molecular weight is 388 g/mol. The van der Waals surface area contributed by atoms with E-state index in [0.717, 1.165) is 0 Å². The Hall–Kier alpha value is -3.00. The Morgan fingerprint density at radius 1 is 1.21 bits per heavy atom. The Labute approximate surface area is 161 Å². The number of esters is 1. The number of carbonyl (C=O) groups is 3. The maximum absolute atomic E-state index is 14.5. The molecule has 1 aliphatic rings. The molecule has 0 spiro atoms. The van der Waals surface area contributed by atoms with Crippen molar-refractivity contribution in [3.8, 4) is 11.1 Å². The van der Waals surface area contributed by atoms with Gasteiger partial charge in [-0.3, -0.25) is 9.59 Å². The number of aromatic amines is 1. The lowest BCUT2D eigenvalue weighted by Gasteiger charge is -2.26. The molecule has 0 aliphatic carbocycles. The van der Waals surface area contributed by atoms with Crippen LogP contribution in [0, 0.1) is 12.7 Å². The van der Waals surface area contributed by atoms with E-state index in [1.54, 1.807) is 19.9 Å². The third kappa shape index (κ3) is 3.68. The van der Waals surface area contributed by atoms with Gasteiger partial charge >= 0.3 is 5.97 Å². The van der Waals surface area contributed by atoms with Crippen LogP contribution in [0.3, 0.4) is 0 Å². The first-order valence-corrected chi connectivity index (χ1v) is 9.01. The number of carbonyl (C=O) groups excluding carboxylic acids is 3. The van der Waals surface area contributed by atoms with Gasteiger partial charge in [-0.1, -0.05) is 18.2 Å². The molecule has 0 unspecified atom stereocenters. The van der Waals surface area contributed by atoms with Crippen LogP contribution in [-0.4, -0.2) is 60.5 Å². The number of aryl methyl sites for hydroxylation is 1. The van der Waals surface area contributed by atoms with Crippen molar-refractivity contribution in [1.29, 1.82) is 0 Å². The fourth-order valence-electron chi connectivity index (χ4n) is 3.20. The maximum Gasteiger partial charge on any atom is 0.340 e. The van der Waals surface area contributed by atoms with Gasteiger partial charge in [-0.15, -0.1) is 0 Å². The highest BCUT2D eigenvalue weighted by Crippen LogP contribution is 2.33. The largest absolute Gasteiger partial charge is 0.462 e. The van der Waals surface area contributed by atoms with Crippen LogP contribution in [0.2, 0.25) is 0 Å². The summed E-state index contributed by atoms with van der Waals surface area (Å²) in [4.78, 5) is 42.3. The van der Waals surface area contributed by atoms with Crippen molar-refractivity contribution in [2.45, 2.75) is 13.8 Å². The maximum atomic E-state index is 14.5. The monoisotopic (exact) mass is 388 g/mol. The van der Waals surface area contributed by atoms with E-state index < -0.39 is 23.5 Å². The molecule has 0 atom stereocenters. The van der Waals surface area contributed by atoms with Crippen LogP contribution in [0.4, 0.5) is 4.39 Å². The van der Waals surface area contributed by atoms with Crippen molar-refractivity contribution in [3.63, 3.8) is 0 Å². The van der Waals surface area contributed by atoms with Crippen molar-refractivity contribution in [2.24, 2.45) is 0 Å². The molecule has 1 fully saturated rings. The fraction of sp³-hybridized carbons (Fsp3) is 0.350. The Morgan fingerprint density at radius 2 is 1.89 bits per heavy atom. The normalized spacial score (nSPS) is 14.0. The lowest BCUT2D eigenvalue weighted by Crippen LogP contribution is -2.44. The lowest BCUT2D eigenvalue weighted by atomic mass is 9.97. The number of Topliss-reactive ketones (excluding diaryl/α,β-unsaturated/α-hetero) is 1. The molecule has 1 aromatic carbocycles. The molecule has 7 nitrogen and oxygen atoms in total. The van der Waals surface area contributed by atoms with Crippen LogP contribution in [0.15, 0.2) is 24.3 Å². The summed E-state index contributed by atoms with van der Waals surface area (Å²) in [6.07, 6.45) is 0. The highest BCUT2D eigenvalue weighted by Gasteiger charge is 2.33. The number of aromatic nitrogens is 1. The first kappa shape index (κ1) is 19.8. The SMILES string of the molecule is CCOC(=O)c1c(C)[nH]c(C(=O)C(=O)N2CCOCC2)c1-c1ccccc1F. The molecule has 148 valence electrons. The topological polar surface area (TPSA) is 88.7 Å². The molecular formula is C20H21FN2O5. The number of ketones is 1. The number of morpholine rings is 1. The quantitative estimate of drug-likeness (QED) is 0.483.